The number of aryl methyl sites for hydroxylation is 2. The Bertz CT molecular complexity index is 1160. The van der Waals surface area contributed by atoms with Crippen molar-refractivity contribution in [2.45, 2.75) is 52.0 Å². The Morgan fingerprint density at radius 1 is 0.909 bits per heavy atom. The molecular weight excluding hydrogens is 438 g/mol. The van der Waals surface area contributed by atoms with Gasteiger partial charge in [-0.05, 0) is 74.2 Å². The van der Waals surface area contributed by atoms with E-state index in [1.165, 1.54) is 24.0 Å². The predicted octanol–water partition coefficient (Wildman–Crippen LogP) is 5.53. The normalized spacial score (nSPS) is 14.0. The van der Waals surface area contributed by atoms with Crippen molar-refractivity contribution in [1.29, 1.82) is 0 Å². The number of hydrogen-bond acceptors (Lipinski definition) is 5. The lowest BCUT2D eigenvalue weighted by molar-refractivity contribution is 0.0926. The average molecular weight is 466 g/mol. The molecule has 0 saturated heterocycles. The standard InChI is InChI=1S/C25H27N3O4S/c1-15-13-17(23(29)26-18-7-4-3-5-8-18)10-11-19(15)27-25(31)22-16(2)14-21(33-22)28-24(30)20-9-6-12-32-20/h6,9-14,18H,3-5,7-8H2,1-2H3,(H,26,29)(H,27,31)(H,28,30). The first-order valence-corrected chi connectivity index (χ1v) is 11.9. The predicted molar refractivity (Wildman–Crippen MR) is 129 cm³/mol. The van der Waals surface area contributed by atoms with Gasteiger partial charge in [0.1, 0.15) is 0 Å². The zero-order chi connectivity index (χ0) is 23.4. The molecule has 1 fully saturated rings. The number of carbonyl (C=O) groups is 3. The highest BCUT2D eigenvalue weighted by molar-refractivity contribution is 7.18. The van der Waals surface area contributed by atoms with Crippen molar-refractivity contribution in [3.63, 3.8) is 0 Å². The van der Waals surface area contributed by atoms with Crippen molar-refractivity contribution in [1.82, 2.24) is 5.32 Å². The molecule has 0 aliphatic heterocycles. The fraction of sp³-hybridized carbons (Fsp3) is 0.320. The lowest BCUT2D eigenvalue weighted by atomic mass is 9.95. The second-order valence-corrected chi connectivity index (χ2v) is 9.40. The molecular formula is C25H27N3O4S. The van der Waals surface area contributed by atoms with Crippen LogP contribution in [0.15, 0.2) is 47.1 Å². The van der Waals surface area contributed by atoms with Crippen LogP contribution in [0.25, 0.3) is 0 Å². The van der Waals surface area contributed by atoms with Gasteiger partial charge in [-0.25, -0.2) is 0 Å². The lowest BCUT2D eigenvalue weighted by Crippen LogP contribution is -2.36. The van der Waals surface area contributed by atoms with E-state index < -0.39 is 0 Å². The van der Waals surface area contributed by atoms with E-state index in [0.717, 1.165) is 36.8 Å². The number of carbonyl (C=O) groups excluding carboxylic acids is 3. The summed E-state index contributed by atoms with van der Waals surface area (Å²) in [5.74, 6) is -0.506. The topological polar surface area (TPSA) is 100 Å². The van der Waals surface area contributed by atoms with Crippen LogP contribution in [0, 0.1) is 13.8 Å². The summed E-state index contributed by atoms with van der Waals surface area (Å²) in [5, 5.41) is 9.35. The first kappa shape index (κ1) is 22.8. The van der Waals surface area contributed by atoms with Crippen LogP contribution in [0.4, 0.5) is 10.7 Å². The number of amides is 3. The van der Waals surface area contributed by atoms with Crippen LogP contribution in [0.3, 0.4) is 0 Å². The van der Waals surface area contributed by atoms with Gasteiger partial charge in [-0.2, -0.15) is 0 Å². The van der Waals surface area contributed by atoms with E-state index in [4.69, 9.17) is 4.42 Å². The molecule has 0 radical (unpaired) electrons. The van der Waals surface area contributed by atoms with Gasteiger partial charge in [0.05, 0.1) is 16.1 Å². The molecule has 4 rings (SSSR count). The van der Waals surface area contributed by atoms with Gasteiger partial charge < -0.3 is 20.4 Å². The number of furan rings is 1. The molecule has 3 aromatic rings. The van der Waals surface area contributed by atoms with Gasteiger partial charge in [-0.15, -0.1) is 11.3 Å². The minimum absolute atomic E-state index is 0.0751. The van der Waals surface area contributed by atoms with Crippen LogP contribution < -0.4 is 16.0 Å². The zero-order valence-corrected chi connectivity index (χ0v) is 19.5. The van der Waals surface area contributed by atoms with E-state index in [0.29, 0.717) is 21.1 Å². The Morgan fingerprint density at radius 3 is 2.39 bits per heavy atom. The van der Waals surface area contributed by atoms with E-state index in [1.54, 1.807) is 36.4 Å². The summed E-state index contributed by atoms with van der Waals surface area (Å²) in [4.78, 5) is 38.2. The number of hydrogen-bond donors (Lipinski definition) is 3. The lowest BCUT2D eigenvalue weighted by Gasteiger charge is -2.23. The molecule has 1 aliphatic rings. The fourth-order valence-corrected chi connectivity index (χ4v) is 4.95. The molecule has 1 aliphatic carbocycles. The maximum atomic E-state index is 12.9. The summed E-state index contributed by atoms with van der Waals surface area (Å²) in [6, 6.07) is 10.5. The number of nitrogens with one attached hydrogen (secondary N) is 3. The molecule has 172 valence electrons. The van der Waals surface area contributed by atoms with Crippen LogP contribution in [-0.2, 0) is 0 Å². The minimum Gasteiger partial charge on any atom is -0.459 e. The number of rotatable bonds is 6. The van der Waals surface area contributed by atoms with Crippen molar-refractivity contribution >= 4 is 39.7 Å². The third-order valence-corrected chi connectivity index (χ3v) is 6.93. The zero-order valence-electron chi connectivity index (χ0n) is 18.7. The molecule has 3 N–H and O–H groups in total. The Morgan fingerprint density at radius 2 is 1.70 bits per heavy atom. The second kappa shape index (κ2) is 10.0. The Labute approximate surface area is 196 Å². The highest BCUT2D eigenvalue weighted by atomic mass is 32.1. The maximum absolute atomic E-state index is 12.9. The minimum atomic E-state index is -0.369. The van der Waals surface area contributed by atoms with E-state index in [9.17, 15) is 14.4 Å². The molecule has 8 heteroatoms. The van der Waals surface area contributed by atoms with Gasteiger partial charge in [0.2, 0.25) is 0 Å². The smallest absolute Gasteiger partial charge is 0.291 e. The van der Waals surface area contributed by atoms with Crippen molar-refractivity contribution in [3.8, 4) is 0 Å². The van der Waals surface area contributed by atoms with Crippen molar-refractivity contribution in [2.24, 2.45) is 0 Å². The highest BCUT2D eigenvalue weighted by Gasteiger charge is 2.19. The largest absolute Gasteiger partial charge is 0.459 e. The number of anilines is 2. The summed E-state index contributed by atoms with van der Waals surface area (Å²) in [7, 11) is 0. The Kier molecular flexibility index (Phi) is 6.93. The summed E-state index contributed by atoms with van der Waals surface area (Å²) < 4.78 is 5.10. The van der Waals surface area contributed by atoms with Crippen LogP contribution in [0.2, 0.25) is 0 Å². The monoisotopic (exact) mass is 465 g/mol. The van der Waals surface area contributed by atoms with Gasteiger partial charge in [-0.3, -0.25) is 14.4 Å². The highest BCUT2D eigenvalue weighted by Crippen LogP contribution is 2.29. The molecule has 33 heavy (non-hydrogen) atoms. The van der Waals surface area contributed by atoms with Crippen LogP contribution in [-0.4, -0.2) is 23.8 Å². The molecule has 1 saturated carbocycles. The molecule has 2 aromatic heterocycles. The van der Waals surface area contributed by atoms with Crippen molar-refractivity contribution in [2.75, 3.05) is 10.6 Å². The molecule has 3 amide bonds. The molecule has 7 nitrogen and oxygen atoms in total. The summed E-state index contributed by atoms with van der Waals surface area (Å²) in [6.45, 7) is 3.68. The third kappa shape index (κ3) is 5.51. The van der Waals surface area contributed by atoms with E-state index in [2.05, 4.69) is 16.0 Å². The van der Waals surface area contributed by atoms with E-state index in [1.807, 2.05) is 13.8 Å². The van der Waals surface area contributed by atoms with Crippen LogP contribution in [0.1, 0.15) is 73.8 Å². The SMILES string of the molecule is Cc1cc(C(=O)NC2CCCCC2)ccc1NC(=O)c1sc(NC(=O)c2ccco2)cc1C. The molecule has 1 aromatic carbocycles. The molecule has 0 spiro atoms. The molecule has 0 atom stereocenters. The quantitative estimate of drug-likeness (QED) is 0.446. The van der Waals surface area contributed by atoms with Gasteiger partial charge in [0.15, 0.2) is 5.76 Å². The number of thiophene rings is 1. The summed E-state index contributed by atoms with van der Waals surface area (Å²) in [6.07, 6.45) is 7.05. The third-order valence-electron chi connectivity index (χ3n) is 5.78. The molecule has 0 unspecified atom stereocenters. The van der Waals surface area contributed by atoms with Crippen LogP contribution in [0.5, 0.6) is 0 Å². The van der Waals surface area contributed by atoms with Gasteiger partial charge >= 0.3 is 0 Å². The summed E-state index contributed by atoms with van der Waals surface area (Å²) >= 11 is 1.20. The van der Waals surface area contributed by atoms with Crippen molar-refractivity contribution < 1.29 is 18.8 Å². The maximum Gasteiger partial charge on any atom is 0.291 e. The first-order chi connectivity index (χ1) is 15.9. The molecule has 2 heterocycles. The number of benzene rings is 1. The van der Waals surface area contributed by atoms with Gasteiger partial charge in [-0.1, -0.05) is 19.3 Å². The fourth-order valence-electron chi connectivity index (χ4n) is 3.99. The summed E-state index contributed by atoms with van der Waals surface area (Å²) in [5.41, 5.74) is 2.79. The Balaban J connectivity index is 1.40. The van der Waals surface area contributed by atoms with E-state index >= 15 is 0 Å². The average Bonchev–Trinajstić information content (AvgIpc) is 3.46. The first-order valence-electron chi connectivity index (χ1n) is 11.1. The van der Waals surface area contributed by atoms with E-state index in [-0.39, 0.29) is 29.5 Å². The van der Waals surface area contributed by atoms with Gasteiger partial charge in [0.25, 0.3) is 17.7 Å². The van der Waals surface area contributed by atoms with Gasteiger partial charge in [0, 0.05) is 17.3 Å². The Hall–Kier alpha value is -3.39. The van der Waals surface area contributed by atoms with Crippen molar-refractivity contribution in [3.05, 3.63) is 70.0 Å². The molecule has 0 bridgehead atoms. The second-order valence-electron chi connectivity index (χ2n) is 8.35. The van der Waals surface area contributed by atoms with Crippen LogP contribution >= 0.6 is 11.3 Å².